The zero-order chi connectivity index (χ0) is 14.4. The smallest absolute Gasteiger partial charge is 0.0282 e. The Morgan fingerprint density at radius 1 is 1.30 bits per heavy atom. The minimum Gasteiger partial charge on any atom is -0.271 e. The van der Waals surface area contributed by atoms with Crippen LogP contribution in [0.1, 0.15) is 69.4 Å². The second-order valence-electron chi connectivity index (χ2n) is 6.27. The summed E-state index contributed by atoms with van der Waals surface area (Å²) in [5.74, 6) is 7.30. The van der Waals surface area contributed by atoms with E-state index in [4.69, 9.17) is 5.84 Å². The number of nitrogens with two attached hydrogens (primary N) is 1. The number of hydrazine groups is 1. The van der Waals surface area contributed by atoms with Gasteiger partial charge >= 0.3 is 0 Å². The van der Waals surface area contributed by atoms with E-state index in [1.165, 1.54) is 56.1 Å². The second kappa shape index (κ2) is 7.80. The molecule has 0 fully saturated rings. The molecule has 1 aliphatic rings. The number of hydrogen-bond acceptors (Lipinski definition) is 2. The molecule has 2 nitrogen and oxygen atoms in total. The first-order valence-electron chi connectivity index (χ1n) is 8.34. The van der Waals surface area contributed by atoms with Crippen molar-refractivity contribution in [1.82, 2.24) is 5.43 Å². The Labute approximate surface area is 124 Å². The van der Waals surface area contributed by atoms with Crippen LogP contribution in [0.3, 0.4) is 0 Å². The van der Waals surface area contributed by atoms with E-state index in [-0.39, 0.29) is 0 Å². The van der Waals surface area contributed by atoms with E-state index in [0.717, 1.165) is 5.92 Å². The van der Waals surface area contributed by atoms with E-state index in [2.05, 4.69) is 43.5 Å². The van der Waals surface area contributed by atoms with Gasteiger partial charge in [-0.3, -0.25) is 11.3 Å². The van der Waals surface area contributed by atoms with E-state index in [9.17, 15) is 0 Å². The molecule has 2 rings (SSSR count). The van der Waals surface area contributed by atoms with Gasteiger partial charge in [-0.25, -0.2) is 0 Å². The first kappa shape index (κ1) is 15.5. The number of benzene rings is 1. The number of rotatable bonds is 8. The Hall–Kier alpha value is -0.860. The Bertz CT molecular complexity index is 402. The highest BCUT2D eigenvalue weighted by atomic mass is 15.2. The number of aryl methyl sites for hydroxylation is 1. The van der Waals surface area contributed by atoms with Gasteiger partial charge in [-0.1, -0.05) is 63.8 Å². The lowest BCUT2D eigenvalue weighted by Crippen LogP contribution is -2.40. The first-order valence-corrected chi connectivity index (χ1v) is 8.34. The maximum absolute atomic E-state index is 5.89. The van der Waals surface area contributed by atoms with Crippen molar-refractivity contribution in [3.8, 4) is 0 Å². The summed E-state index contributed by atoms with van der Waals surface area (Å²) in [4.78, 5) is 0. The van der Waals surface area contributed by atoms with Gasteiger partial charge in [0, 0.05) is 12.0 Å². The van der Waals surface area contributed by atoms with Gasteiger partial charge in [0.15, 0.2) is 0 Å². The summed E-state index contributed by atoms with van der Waals surface area (Å²) in [6.45, 7) is 4.59. The highest BCUT2D eigenvalue weighted by Gasteiger charge is 2.30. The summed E-state index contributed by atoms with van der Waals surface area (Å²) >= 11 is 0. The van der Waals surface area contributed by atoms with E-state index < -0.39 is 0 Å². The van der Waals surface area contributed by atoms with E-state index >= 15 is 0 Å². The van der Waals surface area contributed by atoms with Crippen LogP contribution in [0.15, 0.2) is 24.3 Å². The predicted octanol–water partition coefficient (Wildman–Crippen LogP) is 4.15. The fourth-order valence-electron chi connectivity index (χ4n) is 3.70. The Morgan fingerprint density at radius 3 is 2.80 bits per heavy atom. The molecule has 0 bridgehead atoms. The summed E-state index contributed by atoms with van der Waals surface area (Å²) in [6, 6.07) is 9.32. The lowest BCUT2D eigenvalue weighted by Gasteiger charge is -2.27. The molecule has 1 aromatic carbocycles. The monoisotopic (exact) mass is 274 g/mol. The fourth-order valence-corrected chi connectivity index (χ4v) is 3.70. The Morgan fingerprint density at radius 2 is 2.10 bits per heavy atom. The van der Waals surface area contributed by atoms with Gasteiger partial charge < -0.3 is 0 Å². The van der Waals surface area contributed by atoms with Crippen molar-refractivity contribution >= 4 is 0 Å². The molecule has 1 aliphatic carbocycles. The maximum Gasteiger partial charge on any atom is 0.0282 e. The van der Waals surface area contributed by atoms with Crippen LogP contribution in [-0.4, -0.2) is 6.04 Å². The highest BCUT2D eigenvalue weighted by molar-refractivity contribution is 5.36. The van der Waals surface area contributed by atoms with E-state index in [0.29, 0.717) is 12.0 Å². The summed E-state index contributed by atoms with van der Waals surface area (Å²) in [5, 5.41) is 0. The van der Waals surface area contributed by atoms with Crippen LogP contribution in [0, 0.1) is 5.92 Å². The molecule has 3 atom stereocenters. The summed E-state index contributed by atoms with van der Waals surface area (Å²) < 4.78 is 0. The molecule has 0 spiro atoms. The molecule has 3 N–H and O–H groups in total. The van der Waals surface area contributed by atoms with Gasteiger partial charge in [-0.15, -0.1) is 0 Å². The molecule has 0 radical (unpaired) electrons. The van der Waals surface area contributed by atoms with Crippen LogP contribution in [0.5, 0.6) is 0 Å². The third-order valence-electron chi connectivity index (χ3n) is 5.01. The molecular weight excluding hydrogens is 244 g/mol. The van der Waals surface area contributed by atoms with E-state index in [1.54, 1.807) is 0 Å². The largest absolute Gasteiger partial charge is 0.271 e. The Kier molecular flexibility index (Phi) is 6.06. The summed E-state index contributed by atoms with van der Waals surface area (Å²) in [7, 11) is 0. The lowest BCUT2D eigenvalue weighted by atomic mass is 9.84. The average molecular weight is 274 g/mol. The van der Waals surface area contributed by atoms with Crippen molar-refractivity contribution in [2.24, 2.45) is 11.8 Å². The molecule has 2 heteroatoms. The summed E-state index contributed by atoms with van der Waals surface area (Å²) in [5.41, 5.74) is 6.18. The van der Waals surface area contributed by atoms with Gasteiger partial charge in [0.2, 0.25) is 0 Å². The molecule has 0 saturated heterocycles. The summed E-state index contributed by atoms with van der Waals surface area (Å²) in [6.07, 6.45) is 8.93. The quantitative estimate of drug-likeness (QED) is 0.552. The maximum atomic E-state index is 5.89. The molecule has 1 aromatic rings. The number of fused-ring (bicyclic) bond motifs is 1. The van der Waals surface area contributed by atoms with Crippen LogP contribution in [0.25, 0.3) is 0 Å². The third kappa shape index (κ3) is 3.62. The molecule has 0 aromatic heterocycles. The van der Waals surface area contributed by atoms with Crippen molar-refractivity contribution in [3.63, 3.8) is 0 Å². The Balaban J connectivity index is 2.02. The van der Waals surface area contributed by atoms with Crippen molar-refractivity contribution in [2.45, 2.75) is 70.8 Å². The molecule has 0 amide bonds. The lowest BCUT2D eigenvalue weighted by molar-refractivity contribution is 0.317. The second-order valence-corrected chi connectivity index (χ2v) is 6.27. The third-order valence-corrected chi connectivity index (χ3v) is 5.01. The normalized spacial score (nSPS) is 20.6. The molecular formula is C18H30N2. The van der Waals surface area contributed by atoms with Crippen molar-refractivity contribution < 1.29 is 0 Å². The average Bonchev–Trinajstić information content (AvgIpc) is 2.92. The molecule has 0 aliphatic heterocycles. The van der Waals surface area contributed by atoms with Gasteiger partial charge in [0.05, 0.1) is 0 Å². The zero-order valence-electron chi connectivity index (χ0n) is 13.1. The minimum absolute atomic E-state index is 0.431. The molecule has 0 saturated carbocycles. The van der Waals surface area contributed by atoms with Crippen LogP contribution in [0.2, 0.25) is 0 Å². The highest BCUT2D eigenvalue weighted by Crippen LogP contribution is 2.37. The van der Waals surface area contributed by atoms with Crippen molar-refractivity contribution in [2.75, 3.05) is 0 Å². The van der Waals surface area contributed by atoms with Crippen LogP contribution < -0.4 is 11.3 Å². The van der Waals surface area contributed by atoms with Gasteiger partial charge in [0.1, 0.15) is 0 Å². The van der Waals surface area contributed by atoms with Gasteiger partial charge in [-0.05, 0) is 36.3 Å². The molecule has 112 valence electrons. The van der Waals surface area contributed by atoms with Crippen LogP contribution in [0.4, 0.5) is 0 Å². The minimum atomic E-state index is 0.431. The predicted molar refractivity (Wildman–Crippen MR) is 86.5 cm³/mol. The number of hydrogen-bond donors (Lipinski definition) is 2. The molecule has 20 heavy (non-hydrogen) atoms. The van der Waals surface area contributed by atoms with Crippen molar-refractivity contribution in [3.05, 3.63) is 35.4 Å². The SMILES string of the molecule is CCCCC(CC)CC(NN)C1CCc2ccccc21. The van der Waals surface area contributed by atoms with Crippen LogP contribution in [-0.2, 0) is 6.42 Å². The van der Waals surface area contributed by atoms with Gasteiger partial charge in [-0.2, -0.15) is 0 Å². The van der Waals surface area contributed by atoms with Crippen LogP contribution >= 0.6 is 0 Å². The van der Waals surface area contributed by atoms with Crippen molar-refractivity contribution in [1.29, 1.82) is 0 Å². The first-order chi connectivity index (χ1) is 9.80. The fraction of sp³-hybridized carbons (Fsp3) is 0.667. The van der Waals surface area contributed by atoms with E-state index in [1.807, 2.05) is 0 Å². The molecule has 0 heterocycles. The zero-order valence-corrected chi connectivity index (χ0v) is 13.1. The standard InChI is InChI=1S/C18H30N2/c1-3-5-8-14(4-2)13-18(20-19)17-12-11-15-9-6-7-10-16(15)17/h6-7,9-10,14,17-18,20H,3-5,8,11-13,19H2,1-2H3. The number of nitrogens with one attached hydrogen (secondary N) is 1. The number of unbranched alkanes of at least 4 members (excludes halogenated alkanes) is 1. The van der Waals surface area contributed by atoms with Gasteiger partial charge in [0.25, 0.3) is 0 Å². The molecule has 3 unspecified atom stereocenters. The topological polar surface area (TPSA) is 38.0 Å².